The Bertz CT molecular complexity index is 319. The largest absolute Gasteiger partial charge is 0.394 e. The van der Waals surface area contributed by atoms with Crippen molar-refractivity contribution in [3.63, 3.8) is 0 Å². The van der Waals surface area contributed by atoms with Crippen LogP contribution in [0.4, 0.5) is 4.39 Å². The van der Waals surface area contributed by atoms with E-state index in [-0.39, 0.29) is 16.7 Å². The van der Waals surface area contributed by atoms with Crippen LogP contribution in [0.5, 0.6) is 0 Å². The van der Waals surface area contributed by atoms with Crippen LogP contribution < -0.4 is 5.73 Å². The first-order chi connectivity index (χ1) is 6.06. The Kier molecular flexibility index (Phi) is 3.50. The fourth-order valence-electron chi connectivity index (χ4n) is 0.920. The highest BCUT2D eigenvalue weighted by Crippen LogP contribution is 2.27. The van der Waals surface area contributed by atoms with Crippen LogP contribution in [0.3, 0.4) is 0 Å². The second-order valence-corrected chi connectivity index (χ2v) is 3.39. The number of hydrogen-bond donors (Lipinski definition) is 2. The van der Waals surface area contributed by atoms with Gasteiger partial charge in [0.25, 0.3) is 0 Å². The van der Waals surface area contributed by atoms with Gasteiger partial charge in [0.1, 0.15) is 5.82 Å². The van der Waals surface area contributed by atoms with Gasteiger partial charge >= 0.3 is 0 Å². The highest BCUT2D eigenvalue weighted by Gasteiger charge is 2.12. The van der Waals surface area contributed by atoms with Crippen LogP contribution in [-0.4, -0.2) is 11.7 Å². The van der Waals surface area contributed by atoms with Gasteiger partial charge in [-0.05, 0) is 17.7 Å². The van der Waals surface area contributed by atoms with E-state index in [1.54, 1.807) is 0 Å². The van der Waals surface area contributed by atoms with Gasteiger partial charge in [0.05, 0.1) is 17.7 Å². The topological polar surface area (TPSA) is 46.2 Å². The van der Waals surface area contributed by atoms with E-state index in [2.05, 4.69) is 0 Å². The predicted octanol–water partition coefficient (Wildman–Crippen LogP) is 2.12. The van der Waals surface area contributed by atoms with Gasteiger partial charge in [-0.2, -0.15) is 0 Å². The fourth-order valence-corrected chi connectivity index (χ4v) is 1.44. The average Bonchev–Trinajstić information content (AvgIpc) is 2.10. The third-order valence-electron chi connectivity index (χ3n) is 1.64. The molecule has 1 atom stereocenters. The Balaban J connectivity index is 3.15. The molecule has 0 aromatic heterocycles. The molecule has 0 radical (unpaired) electrons. The lowest BCUT2D eigenvalue weighted by molar-refractivity contribution is 0.268. The highest BCUT2D eigenvalue weighted by atomic mass is 35.5. The molecule has 0 saturated heterocycles. The van der Waals surface area contributed by atoms with E-state index < -0.39 is 11.9 Å². The molecule has 0 unspecified atom stereocenters. The summed E-state index contributed by atoms with van der Waals surface area (Å²) >= 11 is 11.2. The molecule has 0 saturated carbocycles. The third kappa shape index (κ3) is 2.31. The summed E-state index contributed by atoms with van der Waals surface area (Å²) in [6.45, 7) is -0.291. The third-order valence-corrected chi connectivity index (χ3v) is 2.25. The van der Waals surface area contributed by atoms with Crippen molar-refractivity contribution in [3.8, 4) is 0 Å². The van der Waals surface area contributed by atoms with Crippen molar-refractivity contribution >= 4 is 23.2 Å². The van der Waals surface area contributed by atoms with E-state index in [1.807, 2.05) is 0 Å². The minimum Gasteiger partial charge on any atom is -0.394 e. The van der Waals surface area contributed by atoms with Gasteiger partial charge in [0, 0.05) is 5.02 Å². The predicted molar refractivity (Wildman–Crippen MR) is 50.4 cm³/mol. The van der Waals surface area contributed by atoms with Crippen molar-refractivity contribution in [1.29, 1.82) is 0 Å². The average molecular weight is 224 g/mol. The molecule has 3 N–H and O–H groups in total. The van der Waals surface area contributed by atoms with Crippen molar-refractivity contribution in [2.24, 2.45) is 5.73 Å². The Morgan fingerprint density at radius 1 is 1.38 bits per heavy atom. The van der Waals surface area contributed by atoms with E-state index in [0.717, 1.165) is 6.07 Å². The van der Waals surface area contributed by atoms with Gasteiger partial charge in [-0.25, -0.2) is 4.39 Å². The molecule has 0 bridgehead atoms. The molecule has 0 aliphatic carbocycles. The summed E-state index contributed by atoms with van der Waals surface area (Å²) in [5, 5.41) is 8.93. The quantitative estimate of drug-likeness (QED) is 0.755. The molecule has 1 aromatic rings. The van der Waals surface area contributed by atoms with Crippen LogP contribution in [-0.2, 0) is 0 Å². The number of aliphatic hydroxyl groups excluding tert-OH is 1. The molecule has 1 rings (SSSR count). The van der Waals surface area contributed by atoms with Crippen molar-refractivity contribution in [2.75, 3.05) is 6.61 Å². The maximum Gasteiger partial charge on any atom is 0.142 e. The number of rotatable bonds is 2. The van der Waals surface area contributed by atoms with E-state index in [4.69, 9.17) is 34.0 Å². The standard InChI is InChI=1S/C8H8Cl2FNO/c9-5-2-6(10)7(11)1-4(5)8(12)3-13/h1-2,8,13H,3,12H2/t8-/m0/s1. The lowest BCUT2D eigenvalue weighted by Gasteiger charge is -2.10. The van der Waals surface area contributed by atoms with Crippen molar-refractivity contribution in [3.05, 3.63) is 33.6 Å². The molecule has 72 valence electrons. The first-order valence-corrected chi connectivity index (χ1v) is 4.32. The minimum absolute atomic E-state index is 0.0566. The van der Waals surface area contributed by atoms with Crippen molar-refractivity contribution in [2.45, 2.75) is 6.04 Å². The maximum atomic E-state index is 12.9. The molecule has 0 aliphatic heterocycles. The second kappa shape index (κ2) is 4.24. The Labute approximate surface area is 85.1 Å². The Morgan fingerprint density at radius 3 is 2.54 bits per heavy atom. The zero-order chi connectivity index (χ0) is 10.0. The number of halogens is 3. The summed E-state index contributed by atoms with van der Waals surface area (Å²) in [6.07, 6.45) is 0. The zero-order valence-electron chi connectivity index (χ0n) is 6.60. The summed E-state index contributed by atoms with van der Waals surface area (Å²) in [6, 6.07) is 1.72. The van der Waals surface area contributed by atoms with Crippen LogP contribution in [0.2, 0.25) is 10.0 Å². The summed E-state index contributed by atoms with van der Waals surface area (Å²) in [5.41, 5.74) is 5.82. The molecular weight excluding hydrogens is 216 g/mol. The van der Waals surface area contributed by atoms with Gasteiger partial charge in [-0.15, -0.1) is 0 Å². The van der Waals surface area contributed by atoms with E-state index in [0.29, 0.717) is 5.56 Å². The van der Waals surface area contributed by atoms with Gasteiger partial charge in [0.15, 0.2) is 0 Å². The summed E-state index contributed by atoms with van der Waals surface area (Å²) in [5.74, 6) is -0.593. The van der Waals surface area contributed by atoms with E-state index in [1.165, 1.54) is 6.07 Å². The number of aliphatic hydroxyl groups is 1. The number of benzene rings is 1. The van der Waals surface area contributed by atoms with E-state index in [9.17, 15) is 4.39 Å². The van der Waals surface area contributed by atoms with E-state index >= 15 is 0 Å². The van der Waals surface area contributed by atoms with Gasteiger partial charge in [0.2, 0.25) is 0 Å². The Morgan fingerprint density at radius 2 is 2.00 bits per heavy atom. The second-order valence-electron chi connectivity index (χ2n) is 2.58. The zero-order valence-corrected chi connectivity index (χ0v) is 8.11. The fraction of sp³-hybridized carbons (Fsp3) is 0.250. The smallest absolute Gasteiger partial charge is 0.142 e. The van der Waals surface area contributed by atoms with Gasteiger partial charge in [-0.1, -0.05) is 23.2 Å². The van der Waals surface area contributed by atoms with Crippen molar-refractivity contribution in [1.82, 2.24) is 0 Å². The van der Waals surface area contributed by atoms with Crippen LogP contribution in [0.25, 0.3) is 0 Å². The normalized spacial score (nSPS) is 13.0. The molecule has 5 heteroatoms. The Hall–Kier alpha value is -0.350. The minimum atomic E-state index is -0.681. The summed E-state index contributed by atoms with van der Waals surface area (Å²) in [7, 11) is 0. The number of nitrogens with two attached hydrogens (primary N) is 1. The molecule has 0 spiro atoms. The molecule has 0 aliphatic rings. The molecule has 0 amide bonds. The highest BCUT2D eigenvalue weighted by molar-refractivity contribution is 6.35. The first kappa shape index (κ1) is 10.7. The lowest BCUT2D eigenvalue weighted by atomic mass is 10.1. The lowest BCUT2D eigenvalue weighted by Crippen LogP contribution is -2.15. The van der Waals surface area contributed by atoms with Gasteiger partial charge < -0.3 is 10.8 Å². The van der Waals surface area contributed by atoms with Crippen LogP contribution in [0.15, 0.2) is 12.1 Å². The van der Waals surface area contributed by atoms with Crippen LogP contribution in [0.1, 0.15) is 11.6 Å². The maximum absolute atomic E-state index is 12.9. The van der Waals surface area contributed by atoms with Gasteiger partial charge in [-0.3, -0.25) is 0 Å². The van der Waals surface area contributed by atoms with Crippen LogP contribution >= 0.6 is 23.2 Å². The molecule has 2 nitrogen and oxygen atoms in total. The molecule has 1 aromatic carbocycles. The monoisotopic (exact) mass is 223 g/mol. The van der Waals surface area contributed by atoms with Crippen molar-refractivity contribution < 1.29 is 9.50 Å². The summed E-state index contributed by atoms with van der Waals surface area (Å²) < 4.78 is 12.9. The molecule has 0 fully saturated rings. The number of hydrogen-bond acceptors (Lipinski definition) is 2. The summed E-state index contributed by atoms with van der Waals surface area (Å²) in [4.78, 5) is 0. The first-order valence-electron chi connectivity index (χ1n) is 3.57. The molecular formula is C8H8Cl2FNO. The van der Waals surface area contributed by atoms with Crippen LogP contribution in [0, 0.1) is 5.82 Å². The molecule has 0 heterocycles. The SMILES string of the molecule is N[C@@H](CO)c1cc(F)c(Cl)cc1Cl. The molecule has 13 heavy (non-hydrogen) atoms.